The number of nitrogens with one attached hydrogen (secondary N) is 3. The number of imidazole rings is 1. The van der Waals surface area contributed by atoms with Crippen molar-refractivity contribution >= 4 is 17.7 Å². The lowest BCUT2D eigenvalue weighted by atomic mass is 9.99. The summed E-state index contributed by atoms with van der Waals surface area (Å²) in [5.74, 6) is 1.06. The van der Waals surface area contributed by atoms with Crippen molar-refractivity contribution in [2.45, 2.75) is 44.4 Å². The standard InChI is InChI=1S/C33H36N6O5/c1-2-43-25-12-8-22(9-13-25)16-29-33(42)39(20-23-10-14-27(15-11-23)44-26-6-4-3-5-7-26)30(32(41)38-29)19-36-31(40)28(34)17-24-18-35-21-37-24/h3-15,18,21,28-30H,2,16-17,19-20,34H2,1H3,(H,35,37)(H,36,40)(H,38,41)/t28?,29-,30-/m0/s1. The van der Waals surface area contributed by atoms with E-state index in [1.54, 1.807) is 6.20 Å². The van der Waals surface area contributed by atoms with E-state index in [0.29, 0.717) is 24.5 Å². The van der Waals surface area contributed by atoms with E-state index in [0.717, 1.165) is 22.6 Å². The fourth-order valence-electron chi connectivity index (χ4n) is 5.02. The fraction of sp³-hybridized carbons (Fsp3) is 0.273. The molecule has 1 aromatic heterocycles. The quantitative estimate of drug-likeness (QED) is 0.185. The topological polar surface area (TPSA) is 152 Å². The van der Waals surface area contributed by atoms with Crippen LogP contribution in [-0.2, 0) is 33.8 Å². The van der Waals surface area contributed by atoms with Gasteiger partial charge in [-0.3, -0.25) is 14.4 Å². The number of hydrogen-bond acceptors (Lipinski definition) is 7. The van der Waals surface area contributed by atoms with Gasteiger partial charge in [-0.1, -0.05) is 42.5 Å². The summed E-state index contributed by atoms with van der Waals surface area (Å²) in [6.07, 6.45) is 3.68. The van der Waals surface area contributed by atoms with Crippen LogP contribution in [0.2, 0.25) is 0 Å². The third-order valence-corrected chi connectivity index (χ3v) is 7.31. The minimum Gasteiger partial charge on any atom is -0.494 e. The van der Waals surface area contributed by atoms with Crippen molar-refractivity contribution < 1.29 is 23.9 Å². The number of nitrogens with zero attached hydrogens (tertiary/aromatic N) is 2. The van der Waals surface area contributed by atoms with Crippen molar-refractivity contribution in [1.82, 2.24) is 25.5 Å². The second kappa shape index (κ2) is 14.3. The van der Waals surface area contributed by atoms with Gasteiger partial charge < -0.3 is 35.7 Å². The summed E-state index contributed by atoms with van der Waals surface area (Å²) in [5.41, 5.74) is 8.50. The largest absolute Gasteiger partial charge is 0.494 e. The van der Waals surface area contributed by atoms with Gasteiger partial charge in [-0.05, 0) is 54.4 Å². The molecule has 1 unspecified atom stereocenters. The number of piperazine rings is 1. The zero-order valence-electron chi connectivity index (χ0n) is 24.4. The van der Waals surface area contributed by atoms with E-state index in [4.69, 9.17) is 15.2 Å². The summed E-state index contributed by atoms with van der Waals surface area (Å²) in [6, 6.07) is 21.7. The van der Waals surface area contributed by atoms with Crippen LogP contribution < -0.4 is 25.8 Å². The zero-order chi connectivity index (χ0) is 30.9. The molecular formula is C33H36N6O5. The number of aromatic amines is 1. The molecule has 0 bridgehead atoms. The van der Waals surface area contributed by atoms with E-state index < -0.39 is 24.0 Å². The molecule has 0 saturated carbocycles. The minimum atomic E-state index is -0.928. The number of ether oxygens (including phenoxy) is 2. The highest BCUT2D eigenvalue weighted by Crippen LogP contribution is 2.23. The van der Waals surface area contributed by atoms with Gasteiger partial charge in [0.05, 0.1) is 19.0 Å². The van der Waals surface area contributed by atoms with Crippen molar-refractivity contribution in [3.63, 3.8) is 0 Å². The van der Waals surface area contributed by atoms with Crippen LogP contribution in [0.3, 0.4) is 0 Å². The highest BCUT2D eigenvalue weighted by atomic mass is 16.5. The molecule has 11 nitrogen and oxygen atoms in total. The van der Waals surface area contributed by atoms with Crippen molar-refractivity contribution in [2.24, 2.45) is 5.73 Å². The molecule has 0 aliphatic carbocycles. The van der Waals surface area contributed by atoms with E-state index in [9.17, 15) is 14.4 Å². The molecular weight excluding hydrogens is 560 g/mol. The third kappa shape index (κ3) is 7.81. The van der Waals surface area contributed by atoms with Crippen LogP contribution >= 0.6 is 0 Å². The van der Waals surface area contributed by atoms with Crippen LogP contribution in [0.4, 0.5) is 0 Å². The van der Waals surface area contributed by atoms with Crippen LogP contribution in [0.25, 0.3) is 0 Å². The number of para-hydroxylation sites is 1. The Labute approximate surface area is 255 Å². The molecule has 4 aromatic rings. The second-order valence-electron chi connectivity index (χ2n) is 10.5. The zero-order valence-corrected chi connectivity index (χ0v) is 24.4. The summed E-state index contributed by atoms with van der Waals surface area (Å²) in [5, 5.41) is 5.63. The molecule has 1 fully saturated rings. The van der Waals surface area contributed by atoms with Gasteiger partial charge in [0.1, 0.15) is 29.3 Å². The van der Waals surface area contributed by atoms with Crippen LogP contribution in [0.15, 0.2) is 91.4 Å². The number of carbonyl (C=O) groups is 3. The molecule has 1 saturated heterocycles. The Bertz CT molecular complexity index is 1530. The molecule has 228 valence electrons. The molecule has 2 heterocycles. The van der Waals surface area contributed by atoms with E-state index in [1.165, 1.54) is 11.2 Å². The Morgan fingerprint density at radius 2 is 1.66 bits per heavy atom. The molecule has 1 aliphatic heterocycles. The van der Waals surface area contributed by atoms with E-state index in [1.807, 2.05) is 85.8 Å². The number of nitrogens with two attached hydrogens (primary N) is 1. The van der Waals surface area contributed by atoms with Crippen molar-refractivity contribution in [3.8, 4) is 17.2 Å². The number of benzene rings is 3. The van der Waals surface area contributed by atoms with Gasteiger partial charge >= 0.3 is 0 Å². The van der Waals surface area contributed by atoms with Gasteiger partial charge in [0.15, 0.2) is 0 Å². The number of carbonyl (C=O) groups excluding carboxylic acids is 3. The molecule has 3 atom stereocenters. The molecule has 1 aliphatic rings. The maximum absolute atomic E-state index is 13.9. The smallest absolute Gasteiger partial charge is 0.246 e. The fourth-order valence-corrected chi connectivity index (χ4v) is 5.02. The van der Waals surface area contributed by atoms with Crippen molar-refractivity contribution in [1.29, 1.82) is 0 Å². The molecule has 5 rings (SSSR count). The number of hydrogen-bond donors (Lipinski definition) is 4. The van der Waals surface area contributed by atoms with Gasteiger partial charge in [-0.2, -0.15) is 0 Å². The summed E-state index contributed by atoms with van der Waals surface area (Å²) >= 11 is 0. The van der Waals surface area contributed by atoms with E-state index >= 15 is 0 Å². The maximum Gasteiger partial charge on any atom is 0.246 e. The van der Waals surface area contributed by atoms with E-state index in [-0.39, 0.29) is 31.3 Å². The first kappa shape index (κ1) is 30.3. The van der Waals surface area contributed by atoms with Crippen LogP contribution in [-0.4, -0.2) is 63.9 Å². The van der Waals surface area contributed by atoms with Gasteiger partial charge in [0.25, 0.3) is 0 Å². The van der Waals surface area contributed by atoms with Gasteiger partial charge in [0, 0.05) is 37.8 Å². The molecule has 0 spiro atoms. The first-order chi connectivity index (χ1) is 21.4. The van der Waals surface area contributed by atoms with Crippen LogP contribution in [0, 0.1) is 0 Å². The molecule has 44 heavy (non-hydrogen) atoms. The predicted octanol–water partition coefficient (Wildman–Crippen LogP) is 2.73. The number of aromatic nitrogens is 2. The van der Waals surface area contributed by atoms with Gasteiger partial charge in [0.2, 0.25) is 17.7 Å². The maximum atomic E-state index is 13.9. The lowest BCUT2D eigenvalue weighted by Crippen LogP contribution is -2.66. The Morgan fingerprint density at radius 1 is 0.977 bits per heavy atom. The van der Waals surface area contributed by atoms with Crippen LogP contribution in [0.5, 0.6) is 17.2 Å². The summed E-state index contributed by atoms with van der Waals surface area (Å²) < 4.78 is 11.4. The Balaban J connectivity index is 1.30. The lowest BCUT2D eigenvalue weighted by molar-refractivity contribution is -0.150. The van der Waals surface area contributed by atoms with Gasteiger partial charge in [-0.15, -0.1) is 0 Å². The SMILES string of the molecule is CCOc1ccc(C[C@@H]2NC(=O)[C@H](CNC(=O)C(N)Cc3cnc[nH]3)N(Cc3ccc(Oc4ccccc4)cc3)C2=O)cc1. The highest BCUT2D eigenvalue weighted by molar-refractivity contribution is 5.97. The van der Waals surface area contributed by atoms with Crippen LogP contribution in [0.1, 0.15) is 23.7 Å². The molecule has 3 amide bonds. The number of H-pyrrole nitrogens is 1. The average molecular weight is 597 g/mol. The minimum absolute atomic E-state index is 0.0853. The highest BCUT2D eigenvalue weighted by Gasteiger charge is 2.40. The summed E-state index contributed by atoms with van der Waals surface area (Å²) in [6.45, 7) is 2.54. The second-order valence-corrected chi connectivity index (χ2v) is 10.5. The van der Waals surface area contributed by atoms with Crippen molar-refractivity contribution in [3.05, 3.63) is 108 Å². The molecule has 0 radical (unpaired) electrons. The average Bonchev–Trinajstić information content (AvgIpc) is 3.54. The Hall–Kier alpha value is -5.16. The lowest BCUT2D eigenvalue weighted by Gasteiger charge is -2.39. The first-order valence-corrected chi connectivity index (χ1v) is 14.5. The monoisotopic (exact) mass is 596 g/mol. The van der Waals surface area contributed by atoms with Gasteiger partial charge in [-0.25, -0.2) is 4.98 Å². The van der Waals surface area contributed by atoms with E-state index in [2.05, 4.69) is 20.6 Å². The normalized spacial score (nSPS) is 17.1. The first-order valence-electron chi connectivity index (χ1n) is 14.5. The third-order valence-electron chi connectivity index (χ3n) is 7.31. The molecule has 11 heteroatoms. The summed E-state index contributed by atoms with van der Waals surface area (Å²) in [4.78, 5) is 48.5. The molecule has 3 aromatic carbocycles. The Morgan fingerprint density at radius 3 is 2.34 bits per heavy atom. The number of rotatable bonds is 13. The predicted molar refractivity (Wildman–Crippen MR) is 164 cm³/mol. The number of amides is 3. The Kier molecular flexibility index (Phi) is 9.88. The summed E-state index contributed by atoms with van der Waals surface area (Å²) in [7, 11) is 0. The molecule has 5 N–H and O–H groups in total. The van der Waals surface area contributed by atoms with Crippen molar-refractivity contribution in [2.75, 3.05) is 13.2 Å².